The smallest absolute Gasteiger partial charge is 0.325 e. The zero-order valence-corrected chi connectivity index (χ0v) is 11.8. The molecule has 1 aliphatic heterocycles. The van der Waals surface area contributed by atoms with E-state index in [4.69, 9.17) is 9.63 Å². The van der Waals surface area contributed by atoms with E-state index in [1.807, 2.05) is 6.07 Å². The van der Waals surface area contributed by atoms with Gasteiger partial charge in [0.05, 0.1) is 0 Å². The summed E-state index contributed by atoms with van der Waals surface area (Å²) in [5.41, 5.74) is 0.947. The Bertz CT molecular complexity index is 635. The van der Waals surface area contributed by atoms with Gasteiger partial charge in [0.15, 0.2) is 0 Å². The van der Waals surface area contributed by atoms with Crippen molar-refractivity contribution >= 4 is 11.9 Å². The number of nitrogens with zero attached hydrogens (tertiary/aromatic N) is 5. The number of anilines is 1. The summed E-state index contributed by atoms with van der Waals surface area (Å²) in [6.45, 7) is 3.27. The summed E-state index contributed by atoms with van der Waals surface area (Å²) in [6.07, 6.45) is 3.64. The average Bonchev–Trinajstić information content (AvgIpc) is 3.07. The molecule has 8 nitrogen and oxygen atoms in total. The second-order valence-electron chi connectivity index (χ2n) is 5.21. The molecule has 0 amide bonds. The monoisotopic (exact) mass is 291 g/mol. The summed E-state index contributed by atoms with van der Waals surface area (Å²) < 4.78 is 6.58. The third-order valence-electron chi connectivity index (χ3n) is 3.67. The number of piperidine rings is 1. The van der Waals surface area contributed by atoms with Crippen molar-refractivity contribution in [1.82, 2.24) is 19.9 Å². The van der Waals surface area contributed by atoms with E-state index in [-0.39, 0.29) is 12.5 Å². The molecule has 1 atom stereocenters. The summed E-state index contributed by atoms with van der Waals surface area (Å²) >= 11 is 0. The number of hydrogen-bond acceptors (Lipinski definition) is 6. The second kappa shape index (κ2) is 5.55. The van der Waals surface area contributed by atoms with Gasteiger partial charge in [0.1, 0.15) is 6.54 Å². The lowest BCUT2D eigenvalue weighted by Gasteiger charge is -2.31. The van der Waals surface area contributed by atoms with Gasteiger partial charge in [-0.05, 0) is 24.1 Å². The van der Waals surface area contributed by atoms with Crippen LogP contribution in [0.15, 0.2) is 16.8 Å². The largest absolute Gasteiger partial charge is 0.480 e. The maximum Gasteiger partial charge on any atom is 0.325 e. The van der Waals surface area contributed by atoms with Crippen LogP contribution in [0, 0.1) is 6.92 Å². The van der Waals surface area contributed by atoms with E-state index in [1.165, 1.54) is 0 Å². The fourth-order valence-corrected chi connectivity index (χ4v) is 2.77. The first-order valence-electron chi connectivity index (χ1n) is 6.92. The first-order chi connectivity index (χ1) is 10.1. The van der Waals surface area contributed by atoms with Gasteiger partial charge < -0.3 is 14.5 Å². The van der Waals surface area contributed by atoms with Crippen molar-refractivity contribution in [1.29, 1.82) is 0 Å². The van der Waals surface area contributed by atoms with Crippen LogP contribution >= 0.6 is 0 Å². The Morgan fingerprint density at radius 1 is 1.57 bits per heavy atom. The number of carboxylic acids is 1. The van der Waals surface area contributed by atoms with E-state index in [0.29, 0.717) is 11.8 Å². The molecule has 8 heteroatoms. The first kappa shape index (κ1) is 13.6. The van der Waals surface area contributed by atoms with Gasteiger partial charge in [-0.25, -0.2) is 0 Å². The lowest BCUT2D eigenvalue weighted by molar-refractivity contribution is -0.137. The molecule has 1 aliphatic rings. The van der Waals surface area contributed by atoms with E-state index in [9.17, 15) is 4.79 Å². The Morgan fingerprint density at radius 2 is 2.43 bits per heavy atom. The fraction of sp³-hybridized carbons (Fsp3) is 0.538. The molecule has 0 radical (unpaired) electrons. The summed E-state index contributed by atoms with van der Waals surface area (Å²) in [5, 5.41) is 17.0. The molecule has 112 valence electrons. The molecule has 2 aromatic heterocycles. The molecule has 2 aromatic rings. The molecule has 0 bridgehead atoms. The van der Waals surface area contributed by atoms with Crippen molar-refractivity contribution in [3.05, 3.63) is 23.8 Å². The van der Waals surface area contributed by atoms with E-state index >= 15 is 0 Å². The quantitative estimate of drug-likeness (QED) is 0.898. The SMILES string of the molecule is Cc1nc(N2CCC[C@H](c3ccnn3CC(=O)O)C2)no1. The molecule has 1 N–H and O–H groups in total. The van der Waals surface area contributed by atoms with Gasteiger partial charge in [-0.15, -0.1) is 0 Å². The minimum Gasteiger partial charge on any atom is -0.480 e. The Morgan fingerprint density at radius 3 is 3.14 bits per heavy atom. The molecule has 3 rings (SSSR count). The topological polar surface area (TPSA) is 97.3 Å². The van der Waals surface area contributed by atoms with E-state index < -0.39 is 5.97 Å². The van der Waals surface area contributed by atoms with Crippen LogP contribution in [-0.2, 0) is 11.3 Å². The zero-order chi connectivity index (χ0) is 14.8. The van der Waals surface area contributed by atoms with Crippen LogP contribution < -0.4 is 4.90 Å². The van der Waals surface area contributed by atoms with Gasteiger partial charge in [0.25, 0.3) is 5.95 Å². The highest BCUT2D eigenvalue weighted by Crippen LogP contribution is 2.28. The fourth-order valence-electron chi connectivity index (χ4n) is 2.77. The minimum atomic E-state index is -0.888. The molecule has 21 heavy (non-hydrogen) atoms. The van der Waals surface area contributed by atoms with Crippen molar-refractivity contribution in [3.8, 4) is 0 Å². The summed E-state index contributed by atoms with van der Waals surface area (Å²) in [4.78, 5) is 17.2. The van der Waals surface area contributed by atoms with Crippen LogP contribution in [0.1, 0.15) is 30.3 Å². The van der Waals surface area contributed by atoms with Crippen molar-refractivity contribution in [2.45, 2.75) is 32.2 Å². The number of rotatable bonds is 4. The lowest BCUT2D eigenvalue weighted by atomic mass is 9.95. The highest BCUT2D eigenvalue weighted by molar-refractivity contribution is 5.66. The molecular formula is C13H17N5O3. The van der Waals surface area contributed by atoms with Gasteiger partial charge in [-0.1, -0.05) is 0 Å². The third-order valence-corrected chi connectivity index (χ3v) is 3.67. The predicted octanol–water partition coefficient (Wildman–Crippen LogP) is 1.04. The molecule has 0 unspecified atom stereocenters. The Balaban J connectivity index is 1.77. The number of aromatic nitrogens is 4. The van der Waals surface area contributed by atoms with Crippen molar-refractivity contribution in [2.24, 2.45) is 0 Å². The van der Waals surface area contributed by atoms with Gasteiger partial charge in [-0.2, -0.15) is 10.1 Å². The van der Waals surface area contributed by atoms with Gasteiger partial charge >= 0.3 is 5.97 Å². The number of aryl methyl sites for hydroxylation is 1. The van der Waals surface area contributed by atoms with Crippen LogP contribution in [0.5, 0.6) is 0 Å². The molecule has 3 heterocycles. The molecule has 0 saturated carbocycles. The number of carboxylic acid groups (broad SMARTS) is 1. The number of hydrogen-bond donors (Lipinski definition) is 1. The molecule has 1 saturated heterocycles. The normalized spacial score (nSPS) is 18.9. The van der Waals surface area contributed by atoms with Gasteiger partial charge in [0.2, 0.25) is 5.89 Å². The van der Waals surface area contributed by atoms with Crippen molar-refractivity contribution < 1.29 is 14.4 Å². The Labute approximate surface area is 121 Å². The van der Waals surface area contributed by atoms with Crippen LogP contribution in [0.3, 0.4) is 0 Å². The van der Waals surface area contributed by atoms with Crippen LogP contribution in [0.25, 0.3) is 0 Å². The summed E-state index contributed by atoms with van der Waals surface area (Å²) in [7, 11) is 0. The van der Waals surface area contributed by atoms with E-state index in [1.54, 1.807) is 17.8 Å². The number of carbonyl (C=O) groups is 1. The highest BCUT2D eigenvalue weighted by Gasteiger charge is 2.26. The zero-order valence-electron chi connectivity index (χ0n) is 11.8. The average molecular weight is 291 g/mol. The third kappa shape index (κ3) is 2.88. The van der Waals surface area contributed by atoms with E-state index in [0.717, 1.165) is 31.6 Å². The van der Waals surface area contributed by atoms with Crippen molar-refractivity contribution in [2.75, 3.05) is 18.0 Å². The molecular weight excluding hydrogens is 274 g/mol. The summed E-state index contributed by atoms with van der Waals surface area (Å²) in [6, 6.07) is 1.89. The second-order valence-corrected chi connectivity index (χ2v) is 5.21. The predicted molar refractivity (Wildman–Crippen MR) is 73.1 cm³/mol. The highest BCUT2D eigenvalue weighted by atomic mass is 16.5. The van der Waals surface area contributed by atoms with Crippen LogP contribution in [0.4, 0.5) is 5.95 Å². The molecule has 1 fully saturated rings. The van der Waals surface area contributed by atoms with E-state index in [2.05, 4.69) is 20.1 Å². The number of aliphatic carboxylic acids is 1. The molecule has 0 spiro atoms. The van der Waals surface area contributed by atoms with Gasteiger partial charge in [0, 0.05) is 37.8 Å². The Hall–Kier alpha value is -2.38. The summed E-state index contributed by atoms with van der Waals surface area (Å²) in [5.74, 6) is 0.477. The maximum absolute atomic E-state index is 10.9. The molecule has 0 aliphatic carbocycles. The van der Waals surface area contributed by atoms with Crippen molar-refractivity contribution in [3.63, 3.8) is 0 Å². The first-order valence-corrected chi connectivity index (χ1v) is 6.92. The lowest BCUT2D eigenvalue weighted by Crippen LogP contribution is -2.36. The van der Waals surface area contributed by atoms with Crippen LogP contribution in [0.2, 0.25) is 0 Å². The standard InChI is InChI=1S/C13H17N5O3/c1-9-15-13(16-21-9)17-6-2-3-10(7-17)11-4-5-14-18(11)8-12(19)20/h4-5,10H,2-3,6-8H2,1H3,(H,19,20)/t10-/m0/s1. The van der Waals surface area contributed by atoms with Gasteiger partial charge in [-0.3, -0.25) is 9.48 Å². The molecule has 0 aromatic carbocycles. The van der Waals surface area contributed by atoms with Crippen LogP contribution in [-0.4, -0.2) is 44.1 Å². The Kier molecular flexibility index (Phi) is 3.59. The maximum atomic E-state index is 10.9. The minimum absolute atomic E-state index is 0.111.